The number of ether oxygens (including phenoxy) is 1. The summed E-state index contributed by atoms with van der Waals surface area (Å²) in [6.45, 7) is 2.90. The van der Waals surface area contributed by atoms with E-state index in [9.17, 15) is 4.79 Å². The molecule has 20 heavy (non-hydrogen) atoms. The number of hydrogen-bond donors (Lipinski definition) is 2. The summed E-state index contributed by atoms with van der Waals surface area (Å²) in [5, 5.41) is 6.75. The fourth-order valence-corrected chi connectivity index (χ4v) is 1.82. The van der Waals surface area contributed by atoms with Gasteiger partial charge in [-0.15, -0.1) is 0 Å². The second-order valence-corrected chi connectivity index (χ2v) is 4.38. The summed E-state index contributed by atoms with van der Waals surface area (Å²) in [7, 11) is 1.57. The molecule has 1 aromatic carbocycles. The number of carbonyl (C=O) groups excluding carboxylic acids is 1. The molecule has 0 saturated carbocycles. The number of aromatic nitrogens is 2. The molecule has 0 aliphatic heterocycles. The zero-order chi connectivity index (χ0) is 14.5. The van der Waals surface area contributed by atoms with Crippen LogP contribution in [0.25, 0.3) is 0 Å². The van der Waals surface area contributed by atoms with Crippen LogP contribution in [0.5, 0.6) is 11.5 Å². The smallest absolute Gasteiger partial charge is 0.254 e. The Kier molecular flexibility index (Phi) is 4.24. The molecule has 6 heteroatoms. The molecule has 0 saturated heterocycles. The van der Waals surface area contributed by atoms with Gasteiger partial charge in [0.1, 0.15) is 5.75 Å². The molecule has 0 fully saturated rings. The van der Waals surface area contributed by atoms with Crippen LogP contribution < -0.4 is 15.8 Å². The number of nitrogens with two attached hydrogens (primary N) is 1. The molecule has 106 valence electrons. The molecule has 1 aromatic heterocycles. The van der Waals surface area contributed by atoms with Crippen LogP contribution in [0.15, 0.2) is 30.6 Å². The van der Waals surface area contributed by atoms with E-state index in [1.165, 1.54) is 0 Å². The van der Waals surface area contributed by atoms with Crippen LogP contribution in [0.3, 0.4) is 0 Å². The van der Waals surface area contributed by atoms with Crippen molar-refractivity contribution in [1.82, 2.24) is 15.1 Å². The van der Waals surface area contributed by atoms with E-state index in [4.69, 9.17) is 10.5 Å². The van der Waals surface area contributed by atoms with Gasteiger partial charge in [-0.05, 0) is 18.6 Å². The van der Waals surface area contributed by atoms with Gasteiger partial charge in [-0.3, -0.25) is 9.48 Å². The van der Waals surface area contributed by atoms with Crippen LogP contribution in [-0.4, -0.2) is 22.7 Å². The van der Waals surface area contributed by atoms with Crippen molar-refractivity contribution in [2.24, 2.45) is 0 Å². The van der Waals surface area contributed by atoms with Gasteiger partial charge in [0, 0.05) is 25.3 Å². The van der Waals surface area contributed by atoms with Crippen molar-refractivity contribution in [3.63, 3.8) is 0 Å². The van der Waals surface area contributed by atoms with E-state index in [1.54, 1.807) is 42.3 Å². The zero-order valence-electron chi connectivity index (χ0n) is 11.6. The second kappa shape index (κ2) is 6.10. The quantitative estimate of drug-likeness (QED) is 0.817. The van der Waals surface area contributed by atoms with Gasteiger partial charge in [-0.25, -0.2) is 0 Å². The van der Waals surface area contributed by atoms with Gasteiger partial charge in [0.15, 0.2) is 5.75 Å². The van der Waals surface area contributed by atoms with E-state index in [0.717, 1.165) is 13.0 Å². The summed E-state index contributed by atoms with van der Waals surface area (Å²) in [5.41, 5.74) is 6.71. The third-order valence-electron chi connectivity index (χ3n) is 2.77. The fourth-order valence-electron chi connectivity index (χ4n) is 1.82. The fraction of sp³-hybridized carbons (Fsp3) is 0.286. The summed E-state index contributed by atoms with van der Waals surface area (Å²) in [4.78, 5) is 11.8. The average Bonchev–Trinajstić information content (AvgIpc) is 2.86. The molecule has 0 aliphatic carbocycles. The van der Waals surface area contributed by atoms with Gasteiger partial charge < -0.3 is 15.8 Å². The molecular formula is C14H18N4O2. The number of nitrogen functional groups attached to an aromatic ring is 1. The number of nitrogens with one attached hydrogen (secondary N) is 1. The van der Waals surface area contributed by atoms with Crippen LogP contribution in [0, 0.1) is 0 Å². The Hall–Kier alpha value is -2.50. The number of carbonyl (C=O) groups is 1. The van der Waals surface area contributed by atoms with Crippen molar-refractivity contribution in [2.75, 3.05) is 12.8 Å². The van der Waals surface area contributed by atoms with Gasteiger partial charge in [-0.1, -0.05) is 6.92 Å². The molecule has 0 unspecified atom stereocenters. The third kappa shape index (κ3) is 3.09. The van der Waals surface area contributed by atoms with E-state index in [2.05, 4.69) is 17.3 Å². The summed E-state index contributed by atoms with van der Waals surface area (Å²) in [6, 6.07) is 4.93. The standard InChI is InChI=1S/C14H18N4O2/c1-3-6-18-9-11(8-17-18)20-13-7-10(15)4-5-12(13)14(19)16-2/h4-5,7-9H,3,6,15H2,1-2H3,(H,16,19). The summed E-state index contributed by atoms with van der Waals surface area (Å²) >= 11 is 0. The lowest BCUT2D eigenvalue weighted by Gasteiger charge is -2.09. The van der Waals surface area contributed by atoms with Crippen molar-refractivity contribution >= 4 is 11.6 Å². The Morgan fingerprint density at radius 1 is 1.50 bits per heavy atom. The average molecular weight is 274 g/mol. The Morgan fingerprint density at radius 2 is 2.30 bits per heavy atom. The maximum Gasteiger partial charge on any atom is 0.254 e. The van der Waals surface area contributed by atoms with Crippen molar-refractivity contribution in [2.45, 2.75) is 19.9 Å². The third-order valence-corrected chi connectivity index (χ3v) is 2.77. The van der Waals surface area contributed by atoms with Crippen molar-refractivity contribution < 1.29 is 9.53 Å². The maximum absolute atomic E-state index is 11.8. The molecule has 1 amide bonds. The number of aryl methyl sites for hydroxylation is 1. The van der Waals surface area contributed by atoms with E-state index >= 15 is 0 Å². The molecular weight excluding hydrogens is 256 g/mol. The first kappa shape index (κ1) is 13.9. The predicted molar refractivity (Wildman–Crippen MR) is 76.8 cm³/mol. The zero-order valence-corrected chi connectivity index (χ0v) is 11.6. The van der Waals surface area contributed by atoms with Crippen LogP contribution >= 0.6 is 0 Å². The molecule has 0 bridgehead atoms. The molecule has 3 N–H and O–H groups in total. The van der Waals surface area contributed by atoms with Crippen LogP contribution in [0.4, 0.5) is 5.69 Å². The van der Waals surface area contributed by atoms with Crippen LogP contribution in [-0.2, 0) is 6.54 Å². The van der Waals surface area contributed by atoms with Crippen LogP contribution in [0.2, 0.25) is 0 Å². The molecule has 0 aliphatic rings. The van der Waals surface area contributed by atoms with Gasteiger partial charge >= 0.3 is 0 Å². The number of benzene rings is 1. The van der Waals surface area contributed by atoms with E-state index in [0.29, 0.717) is 22.7 Å². The Morgan fingerprint density at radius 3 is 3.00 bits per heavy atom. The van der Waals surface area contributed by atoms with Crippen molar-refractivity contribution in [3.05, 3.63) is 36.2 Å². The number of nitrogens with zero attached hydrogens (tertiary/aromatic N) is 2. The summed E-state index contributed by atoms with van der Waals surface area (Å²) in [5.74, 6) is 0.774. The molecule has 0 spiro atoms. The monoisotopic (exact) mass is 274 g/mol. The number of amides is 1. The van der Waals surface area contributed by atoms with Gasteiger partial charge in [0.25, 0.3) is 5.91 Å². The second-order valence-electron chi connectivity index (χ2n) is 4.38. The van der Waals surface area contributed by atoms with Crippen LogP contribution in [0.1, 0.15) is 23.7 Å². The minimum atomic E-state index is -0.221. The highest BCUT2D eigenvalue weighted by atomic mass is 16.5. The minimum absolute atomic E-state index is 0.221. The topological polar surface area (TPSA) is 82.2 Å². The summed E-state index contributed by atoms with van der Waals surface area (Å²) in [6.07, 6.45) is 4.40. The van der Waals surface area contributed by atoms with E-state index in [-0.39, 0.29) is 5.91 Å². The first-order valence-corrected chi connectivity index (χ1v) is 6.46. The number of anilines is 1. The van der Waals surface area contributed by atoms with E-state index < -0.39 is 0 Å². The lowest BCUT2D eigenvalue weighted by atomic mass is 10.1. The molecule has 0 radical (unpaired) electrons. The molecule has 0 atom stereocenters. The summed E-state index contributed by atoms with van der Waals surface area (Å²) < 4.78 is 7.51. The minimum Gasteiger partial charge on any atom is -0.453 e. The Bertz CT molecular complexity index is 607. The molecule has 2 aromatic rings. The largest absolute Gasteiger partial charge is 0.453 e. The normalized spacial score (nSPS) is 10.3. The molecule has 2 rings (SSSR count). The highest BCUT2D eigenvalue weighted by Gasteiger charge is 2.13. The lowest BCUT2D eigenvalue weighted by Crippen LogP contribution is -2.18. The molecule has 1 heterocycles. The Balaban J connectivity index is 2.26. The SMILES string of the molecule is CCCn1cc(Oc2cc(N)ccc2C(=O)NC)cn1. The predicted octanol–water partition coefficient (Wildman–Crippen LogP) is 2.03. The van der Waals surface area contributed by atoms with Gasteiger partial charge in [0.05, 0.1) is 18.0 Å². The van der Waals surface area contributed by atoms with E-state index in [1.807, 2.05) is 0 Å². The first-order valence-electron chi connectivity index (χ1n) is 6.46. The first-order chi connectivity index (χ1) is 9.63. The maximum atomic E-state index is 11.8. The number of hydrogen-bond acceptors (Lipinski definition) is 4. The van der Waals surface area contributed by atoms with Gasteiger partial charge in [0.2, 0.25) is 0 Å². The van der Waals surface area contributed by atoms with Gasteiger partial charge in [-0.2, -0.15) is 5.10 Å². The highest BCUT2D eigenvalue weighted by molar-refractivity contribution is 5.97. The highest BCUT2D eigenvalue weighted by Crippen LogP contribution is 2.27. The van der Waals surface area contributed by atoms with Crippen molar-refractivity contribution in [1.29, 1.82) is 0 Å². The van der Waals surface area contributed by atoms with Crippen molar-refractivity contribution in [3.8, 4) is 11.5 Å². The molecule has 6 nitrogen and oxygen atoms in total. The number of rotatable bonds is 5. The Labute approximate surface area is 117 Å². The lowest BCUT2D eigenvalue weighted by molar-refractivity contribution is 0.0961.